The van der Waals surface area contributed by atoms with Gasteiger partial charge < -0.3 is 25.4 Å². The highest BCUT2D eigenvalue weighted by Crippen LogP contribution is 2.44. The number of nitrogens with one attached hydrogen (secondary N) is 3. The van der Waals surface area contributed by atoms with Crippen LogP contribution in [0.15, 0.2) is 89.7 Å². The first-order valence-electron chi connectivity index (χ1n) is 18.7. The molecule has 2 saturated carbocycles. The number of carbonyl (C=O) groups is 2. The highest BCUT2D eigenvalue weighted by Gasteiger charge is 2.35. The van der Waals surface area contributed by atoms with Gasteiger partial charge in [0.2, 0.25) is 11.8 Å². The highest BCUT2D eigenvalue weighted by molar-refractivity contribution is 6.11. The molecule has 9 heteroatoms. The molecule has 0 spiro atoms. The summed E-state index contributed by atoms with van der Waals surface area (Å²) in [6, 6.07) is 12.1. The molecule has 2 fully saturated rings. The number of hydrogen-bond donors (Lipinski definition) is 3. The number of aliphatic imine (C=N–C) groups is 1. The molecule has 1 aromatic carbocycles. The second-order valence-corrected chi connectivity index (χ2v) is 12.3. The summed E-state index contributed by atoms with van der Waals surface area (Å²) in [4.78, 5) is 31.5. The summed E-state index contributed by atoms with van der Waals surface area (Å²) in [6.07, 6.45) is 18.9. The van der Waals surface area contributed by atoms with E-state index in [-0.39, 0.29) is 23.8 Å². The number of aromatic nitrogens is 1. The molecule has 2 aliphatic rings. The molecule has 2 aliphatic carbocycles. The Kier molecular flexibility index (Phi) is 23.0. The lowest BCUT2D eigenvalue weighted by atomic mass is 9.70. The van der Waals surface area contributed by atoms with E-state index in [2.05, 4.69) is 52.4 Å². The third kappa shape index (κ3) is 15.4. The molecule has 0 bridgehead atoms. The van der Waals surface area contributed by atoms with Crippen molar-refractivity contribution < 1.29 is 19.1 Å². The Morgan fingerprint density at radius 1 is 1.06 bits per heavy atom. The highest BCUT2D eigenvalue weighted by atomic mass is 16.5. The first kappa shape index (κ1) is 45.5. The summed E-state index contributed by atoms with van der Waals surface area (Å²) in [7, 11) is 8.67. The Morgan fingerprint density at radius 2 is 1.77 bits per heavy atom. The van der Waals surface area contributed by atoms with E-state index in [0.717, 1.165) is 65.6 Å². The van der Waals surface area contributed by atoms with Crippen molar-refractivity contribution in [2.75, 3.05) is 40.7 Å². The SMILES string of the molecule is C/C=C(\C=NC)c1cccc(NC)c1OC.C=C(/C=C\C(=C\CCC)NC(=O)C1CC1)C(=O)NC.CC.CCC1CC(C(OC)c2ccccn2)C1. The summed E-state index contributed by atoms with van der Waals surface area (Å²) >= 11 is 0. The van der Waals surface area contributed by atoms with Crippen molar-refractivity contribution in [2.24, 2.45) is 22.7 Å². The van der Waals surface area contributed by atoms with Crippen LogP contribution in [0.1, 0.15) is 96.9 Å². The van der Waals surface area contributed by atoms with E-state index >= 15 is 0 Å². The van der Waals surface area contributed by atoms with E-state index in [9.17, 15) is 9.59 Å². The summed E-state index contributed by atoms with van der Waals surface area (Å²) in [5, 5.41) is 8.50. The number of allylic oxidation sites excluding steroid dienone is 4. The van der Waals surface area contributed by atoms with Gasteiger partial charge in [-0.3, -0.25) is 19.6 Å². The van der Waals surface area contributed by atoms with E-state index in [1.807, 2.05) is 82.7 Å². The Hall–Kier alpha value is -4.50. The molecule has 1 heterocycles. The molecular formula is C43H65N5O4. The number of anilines is 1. The Labute approximate surface area is 314 Å². The van der Waals surface area contributed by atoms with Crippen molar-refractivity contribution in [1.82, 2.24) is 15.6 Å². The van der Waals surface area contributed by atoms with Crippen LogP contribution in [-0.4, -0.2) is 58.4 Å². The third-order valence-corrected chi connectivity index (χ3v) is 8.74. The second kappa shape index (κ2) is 26.3. The van der Waals surface area contributed by atoms with Crippen LogP contribution in [0.4, 0.5) is 5.69 Å². The molecular weight excluding hydrogens is 651 g/mol. The van der Waals surface area contributed by atoms with Gasteiger partial charge in [-0.1, -0.05) is 77.5 Å². The second-order valence-electron chi connectivity index (χ2n) is 12.3. The number of ether oxygens (including phenoxy) is 2. The molecule has 4 rings (SSSR count). The number of rotatable bonds is 15. The predicted octanol–water partition coefficient (Wildman–Crippen LogP) is 9.13. The topological polar surface area (TPSA) is 114 Å². The number of hydrogen-bond acceptors (Lipinski definition) is 7. The zero-order valence-corrected chi connectivity index (χ0v) is 33.4. The molecule has 1 aromatic heterocycles. The van der Waals surface area contributed by atoms with Crippen molar-refractivity contribution in [3.05, 3.63) is 96.0 Å². The molecule has 1 unspecified atom stereocenters. The van der Waals surface area contributed by atoms with Gasteiger partial charge in [0.25, 0.3) is 0 Å². The number of amides is 2. The molecule has 0 aliphatic heterocycles. The minimum absolute atomic E-state index is 0.0672. The Bertz CT molecular complexity index is 1470. The Balaban J connectivity index is 0.000000383. The number of nitrogens with zero attached hydrogens (tertiary/aromatic N) is 2. The number of methoxy groups -OCH3 is 2. The molecule has 0 saturated heterocycles. The fraction of sp³-hybridized carbons (Fsp3) is 0.488. The molecule has 52 heavy (non-hydrogen) atoms. The van der Waals surface area contributed by atoms with Crippen LogP contribution in [0.3, 0.4) is 0 Å². The quantitative estimate of drug-likeness (QED) is 0.0963. The van der Waals surface area contributed by atoms with Gasteiger partial charge in [0.15, 0.2) is 0 Å². The lowest BCUT2D eigenvalue weighted by Gasteiger charge is -2.39. The number of benzene rings is 1. The van der Waals surface area contributed by atoms with Gasteiger partial charge in [0.05, 0.1) is 18.5 Å². The summed E-state index contributed by atoms with van der Waals surface area (Å²) in [6.45, 7) is 14.0. The van der Waals surface area contributed by atoms with Crippen molar-refractivity contribution >= 4 is 29.3 Å². The van der Waals surface area contributed by atoms with Crippen molar-refractivity contribution in [3.8, 4) is 5.75 Å². The number of unbranched alkanes of at least 4 members (excludes halogenated alkanes) is 1. The monoisotopic (exact) mass is 716 g/mol. The average Bonchev–Trinajstić information content (AvgIpc) is 4.03. The van der Waals surface area contributed by atoms with Gasteiger partial charge in [-0.25, -0.2) is 0 Å². The summed E-state index contributed by atoms with van der Waals surface area (Å²) in [5.74, 6) is 2.45. The van der Waals surface area contributed by atoms with Gasteiger partial charge in [-0.2, -0.15) is 0 Å². The standard InChI is InChI=1S/C15H22N2O2.C13H18N2O.C13H19NO.C2H6/c1-4-5-6-13(17-15(19)12-8-9-12)10-7-11(2)14(18)16-3;1-5-10(9-14-2)11-7-6-8-12(15-3)13(11)16-4;1-3-10-8-11(9-10)13(15-2)12-6-4-5-7-14-12;1-2/h6-7,10,12H,2,4-5,8-9H2,1,3H3,(H,16,18)(H,17,19);5-9,15H,1-4H3;4-7,10-11,13H,3,8-9H2,1-2H3;1-2H3/b10-7-,13-6-;10-5+,14-9?;;. The smallest absolute Gasteiger partial charge is 0.250 e. The lowest BCUT2D eigenvalue weighted by Crippen LogP contribution is -2.30. The minimum atomic E-state index is -0.223. The summed E-state index contributed by atoms with van der Waals surface area (Å²) in [5.41, 5.74) is 5.26. The van der Waals surface area contributed by atoms with Gasteiger partial charge in [0, 0.05) is 63.4 Å². The number of carbonyl (C=O) groups excluding carboxylic acids is 2. The lowest BCUT2D eigenvalue weighted by molar-refractivity contribution is -0.121. The van der Waals surface area contributed by atoms with E-state index in [4.69, 9.17) is 9.47 Å². The van der Waals surface area contributed by atoms with Gasteiger partial charge in [0.1, 0.15) is 11.9 Å². The maximum Gasteiger partial charge on any atom is 0.250 e. The van der Waals surface area contributed by atoms with Crippen LogP contribution in [0.2, 0.25) is 0 Å². The first-order chi connectivity index (χ1) is 25.2. The molecule has 1 atom stereocenters. The van der Waals surface area contributed by atoms with E-state index in [1.165, 1.54) is 19.3 Å². The number of para-hydroxylation sites is 1. The summed E-state index contributed by atoms with van der Waals surface area (Å²) < 4.78 is 11.0. The van der Waals surface area contributed by atoms with Crippen LogP contribution in [0.5, 0.6) is 5.75 Å². The van der Waals surface area contributed by atoms with Gasteiger partial charge >= 0.3 is 0 Å². The number of likely N-dealkylation sites (N-methyl/N-ethyl adjacent to an activating group) is 1. The molecule has 9 nitrogen and oxygen atoms in total. The van der Waals surface area contributed by atoms with Crippen molar-refractivity contribution in [2.45, 2.75) is 85.7 Å². The maximum absolute atomic E-state index is 11.7. The van der Waals surface area contributed by atoms with Crippen LogP contribution in [-0.2, 0) is 14.3 Å². The van der Waals surface area contributed by atoms with E-state index in [1.54, 1.807) is 40.5 Å². The van der Waals surface area contributed by atoms with E-state index in [0.29, 0.717) is 11.5 Å². The molecule has 3 N–H and O–H groups in total. The van der Waals surface area contributed by atoms with Crippen molar-refractivity contribution in [1.29, 1.82) is 0 Å². The predicted molar refractivity (Wildman–Crippen MR) is 219 cm³/mol. The normalized spacial score (nSPS) is 17.2. The minimum Gasteiger partial charge on any atom is -0.494 e. The van der Waals surface area contributed by atoms with Crippen LogP contribution < -0.4 is 20.7 Å². The van der Waals surface area contributed by atoms with Crippen LogP contribution in [0.25, 0.3) is 5.57 Å². The third-order valence-electron chi connectivity index (χ3n) is 8.74. The maximum atomic E-state index is 11.7. The zero-order chi connectivity index (χ0) is 38.9. The van der Waals surface area contributed by atoms with Crippen molar-refractivity contribution in [3.63, 3.8) is 0 Å². The molecule has 2 aromatic rings. The fourth-order valence-electron chi connectivity index (χ4n) is 5.56. The average molecular weight is 716 g/mol. The van der Waals surface area contributed by atoms with Gasteiger partial charge in [-0.05, 0) is 86.8 Å². The molecule has 2 amide bonds. The van der Waals surface area contributed by atoms with Gasteiger partial charge in [-0.15, -0.1) is 0 Å². The molecule has 286 valence electrons. The molecule has 0 radical (unpaired) electrons. The fourth-order valence-corrected chi connectivity index (χ4v) is 5.56. The largest absolute Gasteiger partial charge is 0.494 e. The first-order valence-corrected chi connectivity index (χ1v) is 18.7. The van der Waals surface area contributed by atoms with Crippen LogP contribution >= 0.6 is 0 Å². The Morgan fingerprint density at radius 3 is 2.27 bits per heavy atom. The van der Waals surface area contributed by atoms with Crippen LogP contribution in [0, 0.1) is 17.8 Å². The van der Waals surface area contributed by atoms with E-state index < -0.39 is 0 Å². The zero-order valence-electron chi connectivity index (χ0n) is 33.4. The number of pyridine rings is 1.